The molecule has 2 aliphatic rings. The molecule has 2 fully saturated rings. The van der Waals surface area contributed by atoms with Gasteiger partial charge in [0, 0.05) is 6.42 Å². The Bertz CT molecular complexity index is 294. The predicted octanol–water partition coefficient (Wildman–Crippen LogP) is 1.21. The van der Waals surface area contributed by atoms with Gasteiger partial charge >= 0.3 is 0 Å². The molecule has 0 radical (unpaired) electrons. The van der Waals surface area contributed by atoms with Crippen LogP contribution in [0.3, 0.4) is 0 Å². The Kier molecular flexibility index (Phi) is 4.56. The highest BCUT2D eigenvalue weighted by atomic mass is 16.8. The summed E-state index contributed by atoms with van der Waals surface area (Å²) >= 11 is 0. The maximum atomic E-state index is 10.7. The topological polar surface area (TPSA) is 61.8 Å². The fourth-order valence-electron chi connectivity index (χ4n) is 1.90. The summed E-state index contributed by atoms with van der Waals surface area (Å²) in [5.74, 6) is -0.525. The molecule has 0 spiro atoms. The van der Waals surface area contributed by atoms with Gasteiger partial charge in [0.25, 0.3) is 0 Å². The Labute approximate surface area is 101 Å². The minimum Gasteiger partial charge on any atom is -0.342 e. The van der Waals surface area contributed by atoms with Gasteiger partial charge in [0.1, 0.15) is 12.9 Å². The Balaban J connectivity index is 0.000000686. The number of hydrogen-bond acceptors (Lipinski definition) is 5. The van der Waals surface area contributed by atoms with Gasteiger partial charge in [0.2, 0.25) is 0 Å². The van der Waals surface area contributed by atoms with Gasteiger partial charge in [-0.25, -0.2) is 0 Å². The van der Waals surface area contributed by atoms with Crippen LogP contribution in [-0.2, 0) is 23.8 Å². The largest absolute Gasteiger partial charge is 0.342 e. The molecule has 0 aliphatic carbocycles. The van der Waals surface area contributed by atoms with E-state index in [1.54, 1.807) is 6.08 Å². The molecular weight excluding hydrogens is 224 g/mol. The fraction of sp³-hybridized carbons (Fsp3) is 0.667. The minimum absolute atomic E-state index is 0.0124. The first kappa shape index (κ1) is 14.0. The van der Waals surface area contributed by atoms with Crippen LogP contribution < -0.4 is 0 Å². The molecule has 2 rings (SSSR count). The van der Waals surface area contributed by atoms with Gasteiger partial charge in [-0.1, -0.05) is 6.08 Å². The lowest BCUT2D eigenvalue weighted by molar-refractivity contribution is -0.200. The molecule has 5 nitrogen and oxygen atoms in total. The van der Waals surface area contributed by atoms with E-state index in [2.05, 4.69) is 0 Å². The van der Waals surface area contributed by atoms with Crippen molar-refractivity contribution in [1.82, 2.24) is 0 Å². The lowest BCUT2D eigenvalue weighted by Crippen LogP contribution is -2.24. The predicted molar refractivity (Wildman–Crippen MR) is 60.3 cm³/mol. The summed E-state index contributed by atoms with van der Waals surface area (Å²) in [5.41, 5.74) is 0. The van der Waals surface area contributed by atoms with E-state index in [4.69, 9.17) is 19.0 Å². The number of ketones is 1. The van der Waals surface area contributed by atoms with Gasteiger partial charge in [-0.05, 0) is 26.8 Å². The summed E-state index contributed by atoms with van der Waals surface area (Å²) in [6.45, 7) is 7.26. The SMILES string of the molecule is C=O.CC(=O)/C=C/[C@@H]1C[C@H]2OC(C)(C)OC2O1. The molecule has 0 saturated carbocycles. The van der Waals surface area contributed by atoms with Crippen molar-refractivity contribution in [3.63, 3.8) is 0 Å². The standard InChI is InChI=1S/C11H16O4.CH2O/c1-7(12)4-5-8-6-9-10(13-8)15-11(2,3)14-9;1-2/h4-5,8-10H,6H2,1-3H3;1H2/b5-4+;/t8-,9-,10?;/m1./s1. The van der Waals surface area contributed by atoms with Crippen LogP contribution in [0.4, 0.5) is 0 Å². The number of fused-ring (bicyclic) bond motifs is 1. The highest BCUT2D eigenvalue weighted by Gasteiger charge is 2.47. The van der Waals surface area contributed by atoms with E-state index in [0.29, 0.717) is 0 Å². The van der Waals surface area contributed by atoms with Crippen molar-refractivity contribution in [3.8, 4) is 0 Å². The maximum absolute atomic E-state index is 10.7. The van der Waals surface area contributed by atoms with Gasteiger partial charge in [0.05, 0.1) is 6.10 Å². The van der Waals surface area contributed by atoms with Crippen LogP contribution in [-0.4, -0.2) is 36.9 Å². The third-order valence-electron chi connectivity index (χ3n) is 2.46. The number of carbonyl (C=O) groups is 2. The smallest absolute Gasteiger partial charge is 0.187 e. The Morgan fingerprint density at radius 3 is 2.53 bits per heavy atom. The van der Waals surface area contributed by atoms with E-state index in [9.17, 15) is 4.79 Å². The van der Waals surface area contributed by atoms with E-state index in [0.717, 1.165) is 6.42 Å². The van der Waals surface area contributed by atoms with Crippen molar-refractivity contribution in [2.45, 2.75) is 51.5 Å². The molecule has 0 aromatic rings. The number of allylic oxidation sites excluding steroid dienone is 1. The average Bonchev–Trinajstić information content (AvgIpc) is 2.71. The number of hydrogen-bond donors (Lipinski definition) is 0. The molecule has 17 heavy (non-hydrogen) atoms. The lowest BCUT2D eigenvalue weighted by Gasteiger charge is -2.19. The molecule has 2 heterocycles. The lowest BCUT2D eigenvalue weighted by atomic mass is 10.2. The Morgan fingerprint density at radius 1 is 1.35 bits per heavy atom. The van der Waals surface area contributed by atoms with Crippen LogP contribution in [0.25, 0.3) is 0 Å². The molecule has 0 bridgehead atoms. The van der Waals surface area contributed by atoms with E-state index in [1.807, 2.05) is 20.6 Å². The fourth-order valence-corrected chi connectivity index (χ4v) is 1.90. The zero-order valence-electron chi connectivity index (χ0n) is 10.3. The highest BCUT2D eigenvalue weighted by Crippen LogP contribution is 2.37. The van der Waals surface area contributed by atoms with Crippen molar-refractivity contribution in [1.29, 1.82) is 0 Å². The molecule has 0 amide bonds. The van der Waals surface area contributed by atoms with E-state index in [-0.39, 0.29) is 24.3 Å². The Morgan fingerprint density at radius 2 is 2.00 bits per heavy atom. The normalized spacial score (nSPS) is 34.2. The van der Waals surface area contributed by atoms with Crippen molar-refractivity contribution < 1.29 is 23.8 Å². The van der Waals surface area contributed by atoms with Crippen LogP contribution in [0.1, 0.15) is 27.2 Å². The van der Waals surface area contributed by atoms with E-state index >= 15 is 0 Å². The second kappa shape index (κ2) is 5.53. The summed E-state index contributed by atoms with van der Waals surface area (Å²) in [4.78, 5) is 18.7. The highest BCUT2D eigenvalue weighted by molar-refractivity contribution is 5.87. The maximum Gasteiger partial charge on any atom is 0.187 e. The molecule has 2 aliphatic heterocycles. The van der Waals surface area contributed by atoms with Crippen molar-refractivity contribution >= 4 is 12.6 Å². The second-order valence-electron chi connectivity index (χ2n) is 4.42. The van der Waals surface area contributed by atoms with Gasteiger partial charge in [-0.3, -0.25) is 4.79 Å². The number of carbonyl (C=O) groups excluding carboxylic acids is 2. The van der Waals surface area contributed by atoms with Gasteiger partial charge in [-0.2, -0.15) is 0 Å². The first-order chi connectivity index (χ1) is 7.96. The quantitative estimate of drug-likeness (QED) is 0.681. The summed E-state index contributed by atoms with van der Waals surface area (Å²) in [6.07, 6.45) is 3.66. The van der Waals surface area contributed by atoms with Crippen LogP contribution in [0.15, 0.2) is 12.2 Å². The third kappa shape index (κ3) is 3.73. The molecule has 1 unspecified atom stereocenters. The van der Waals surface area contributed by atoms with Crippen LogP contribution in [0, 0.1) is 0 Å². The average molecular weight is 242 g/mol. The van der Waals surface area contributed by atoms with Crippen molar-refractivity contribution in [2.24, 2.45) is 0 Å². The number of rotatable bonds is 2. The molecular formula is C12H18O5. The molecule has 0 aromatic carbocycles. The van der Waals surface area contributed by atoms with Crippen LogP contribution in [0.2, 0.25) is 0 Å². The Hall–Kier alpha value is -1.04. The summed E-state index contributed by atoms with van der Waals surface area (Å²) in [5, 5.41) is 0. The van der Waals surface area contributed by atoms with Crippen molar-refractivity contribution in [3.05, 3.63) is 12.2 Å². The van der Waals surface area contributed by atoms with Crippen molar-refractivity contribution in [2.75, 3.05) is 0 Å². The molecule has 2 saturated heterocycles. The second-order valence-corrected chi connectivity index (χ2v) is 4.42. The van der Waals surface area contributed by atoms with Gasteiger partial charge in [0.15, 0.2) is 17.9 Å². The third-order valence-corrected chi connectivity index (χ3v) is 2.46. The van der Waals surface area contributed by atoms with Gasteiger partial charge in [-0.15, -0.1) is 0 Å². The first-order valence-electron chi connectivity index (χ1n) is 5.45. The van der Waals surface area contributed by atoms with Crippen LogP contribution in [0.5, 0.6) is 0 Å². The molecule has 0 N–H and O–H groups in total. The van der Waals surface area contributed by atoms with E-state index < -0.39 is 5.79 Å². The monoisotopic (exact) mass is 242 g/mol. The summed E-state index contributed by atoms with van der Waals surface area (Å²) < 4.78 is 16.8. The summed E-state index contributed by atoms with van der Waals surface area (Å²) in [7, 11) is 0. The molecule has 96 valence electrons. The van der Waals surface area contributed by atoms with Gasteiger partial charge < -0.3 is 19.0 Å². The zero-order valence-corrected chi connectivity index (χ0v) is 10.3. The first-order valence-corrected chi connectivity index (χ1v) is 5.45. The van der Waals surface area contributed by atoms with Crippen LogP contribution >= 0.6 is 0 Å². The molecule has 0 aromatic heterocycles. The molecule has 3 atom stereocenters. The summed E-state index contributed by atoms with van der Waals surface area (Å²) in [6, 6.07) is 0. The minimum atomic E-state index is -0.551. The zero-order chi connectivity index (χ0) is 13.1. The molecule has 5 heteroatoms. The van der Waals surface area contributed by atoms with E-state index in [1.165, 1.54) is 13.0 Å². The number of ether oxygens (including phenoxy) is 3.